The number of halogens is 1. The van der Waals surface area contributed by atoms with E-state index in [9.17, 15) is 9.59 Å². The Labute approximate surface area is 173 Å². The van der Waals surface area contributed by atoms with Crippen LogP contribution in [0.15, 0.2) is 53.0 Å². The second-order valence-electron chi connectivity index (χ2n) is 7.21. The quantitative estimate of drug-likeness (QED) is 0.504. The van der Waals surface area contributed by atoms with E-state index < -0.39 is 11.9 Å². The van der Waals surface area contributed by atoms with Crippen LogP contribution in [0.5, 0.6) is 5.75 Å². The number of ether oxygens (including phenoxy) is 2. The molecule has 0 aliphatic heterocycles. The third kappa shape index (κ3) is 6.53. The fraction of sp³-hybridized carbons (Fsp3) is 0.273. The highest BCUT2D eigenvalue weighted by atomic mass is 79.9. The topological polar surface area (TPSA) is 64.6 Å². The molecular formula is C22H24BrNO4. The molecule has 5 nitrogen and oxygen atoms in total. The van der Waals surface area contributed by atoms with Crippen LogP contribution in [0.1, 0.15) is 31.9 Å². The highest BCUT2D eigenvalue weighted by Crippen LogP contribution is 2.31. The van der Waals surface area contributed by atoms with E-state index in [0.717, 1.165) is 15.6 Å². The molecule has 0 fully saturated rings. The lowest BCUT2D eigenvalue weighted by Gasteiger charge is -2.21. The molecule has 0 aliphatic carbocycles. The van der Waals surface area contributed by atoms with Gasteiger partial charge in [0.25, 0.3) is 5.91 Å². The van der Waals surface area contributed by atoms with E-state index in [4.69, 9.17) is 9.47 Å². The number of carbonyl (C=O) groups is 2. The number of rotatable bonds is 6. The van der Waals surface area contributed by atoms with Gasteiger partial charge in [-0.05, 0) is 46.9 Å². The second kappa shape index (κ2) is 9.55. The highest BCUT2D eigenvalue weighted by molar-refractivity contribution is 9.10. The van der Waals surface area contributed by atoms with Gasteiger partial charge < -0.3 is 14.8 Å². The molecule has 0 heterocycles. The monoisotopic (exact) mass is 445 g/mol. The minimum Gasteiger partial charge on any atom is -0.495 e. The van der Waals surface area contributed by atoms with Crippen LogP contribution in [0.4, 0.5) is 5.69 Å². The summed E-state index contributed by atoms with van der Waals surface area (Å²) in [7, 11) is 1.54. The molecule has 0 atom stereocenters. The van der Waals surface area contributed by atoms with Gasteiger partial charge in [0.1, 0.15) is 5.75 Å². The van der Waals surface area contributed by atoms with Crippen LogP contribution >= 0.6 is 15.9 Å². The fourth-order valence-electron chi connectivity index (χ4n) is 2.42. The Morgan fingerprint density at radius 1 is 1.14 bits per heavy atom. The van der Waals surface area contributed by atoms with Gasteiger partial charge in [0.2, 0.25) is 0 Å². The first-order valence-electron chi connectivity index (χ1n) is 8.78. The first kappa shape index (κ1) is 21.7. The van der Waals surface area contributed by atoms with Gasteiger partial charge in [0, 0.05) is 10.5 Å². The number of carbonyl (C=O) groups excluding carboxylic acids is 2. The van der Waals surface area contributed by atoms with Crippen LogP contribution < -0.4 is 10.1 Å². The Morgan fingerprint density at radius 3 is 2.54 bits per heavy atom. The van der Waals surface area contributed by atoms with Gasteiger partial charge >= 0.3 is 5.97 Å². The van der Waals surface area contributed by atoms with E-state index >= 15 is 0 Å². The Balaban J connectivity index is 1.96. The SMILES string of the molecule is COc1ccc(C(C)(C)C)cc1NC(=O)COC(=O)C=Cc1cccc(Br)c1. The smallest absolute Gasteiger partial charge is 0.331 e. The van der Waals surface area contributed by atoms with Gasteiger partial charge in [0.15, 0.2) is 6.61 Å². The molecule has 0 saturated heterocycles. The lowest BCUT2D eigenvalue weighted by molar-refractivity contribution is -0.142. The van der Waals surface area contributed by atoms with Crippen LogP contribution in [0.25, 0.3) is 6.08 Å². The van der Waals surface area contributed by atoms with Gasteiger partial charge in [-0.2, -0.15) is 0 Å². The Kier molecular flexibility index (Phi) is 7.40. The number of hydrogen-bond donors (Lipinski definition) is 1. The molecular weight excluding hydrogens is 422 g/mol. The van der Waals surface area contributed by atoms with Crippen molar-refractivity contribution in [1.82, 2.24) is 0 Å². The summed E-state index contributed by atoms with van der Waals surface area (Å²) in [6.45, 7) is 5.87. The third-order valence-corrected chi connectivity index (χ3v) is 4.44. The second-order valence-corrected chi connectivity index (χ2v) is 8.12. The van der Waals surface area contributed by atoms with Crippen LogP contribution in [-0.2, 0) is 19.7 Å². The molecule has 0 saturated carbocycles. The zero-order chi connectivity index (χ0) is 20.7. The summed E-state index contributed by atoms with van der Waals surface area (Å²) in [5.41, 5.74) is 2.37. The summed E-state index contributed by atoms with van der Waals surface area (Å²) in [5, 5.41) is 2.74. The first-order valence-corrected chi connectivity index (χ1v) is 9.57. The van der Waals surface area contributed by atoms with E-state index in [-0.39, 0.29) is 12.0 Å². The molecule has 1 N–H and O–H groups in total. The lowest BCUT2D eigenvalue weighted by atomic mass is 9.87. The van der Waals surface area contributed by atoms with Crippen molar-refractivity contribution in [2.45, 2.75) is 26.2 Å². The molecule has 0 spiro atoms. The molecule has 0 unspecified atom stereocenters. The molecule has 2 aromatic rings. The van der Waals surface area contributed by atoms with Crippen LogP contribution in [0.2, 0.25) is 0 Å². The molecule has 2 rings (SSSR count). The molecule has 148 valence electrons. The zero-order valence-electron chi connectivity index (χ0n) is 16.4. The molecule has 0 aliphatic rings. The van der Waals surface area contributed by atoms with Crippen LogP contribution in [0, 0.1) is 0 Å². The summed E-state index contributed by atoms with van der Waals surface area (Å²) < 4.78 is 11.2. The van der Waals surface area contributed by atoms with E-state index in [1.165, 1.54) is 13.2 Å². The highest BCUT2D eigenvalue weighted by Gasteiger charge is 2.17. The van der Waals surface area contributed by atoms with Crippen molar-refractivity contribution >= 4 is 39.6 Å². The van der Waals surface area contributed by atoms with Crippen LogP contribution in [-0.4, -0.2) is 25.6 Å². The molecule has 0 aromatic heterocycles. The van der Waals surface area contributed by atoms with Crippen molar-refractivity contribution in [2.24, 2.45) is 0 Å². The van der Waals surface area contributed by atoms with Crippen molar-refractivity contribution in [3.05, 3.63) is 64.1 Å². The fourth-order valence-corrected chi connectivity index (χ4v) is 2.83. The predicted molar refractivity (Wildman–Crippen MR) is 114 cm³/mol. The van der Waals surface area contributed by atoms with Crippen molar-refractivity contribution in [3.8, 4) is 5.75 Å². The summed E-state index contributed by atoms with van der Waals surface area (Å²) in [5.74, 6) is -0.485. The van der Waals surface area contributed by atoms with Crippen molar-refractivity contribution in [1.29, 1.82) is 0 Å². The molecule has 1 amide bonds. The van der Waals surface area contributed by atoms with Crippen molar-refractivity contribution < 1.29 is 19.1 Å². The van der Waals surface area contributed by atoms with E-state index in [2.05, 4.69) is 42.0 Å². The number of methoxy groups -OCH3 is 1. The maximum Gasteiger partial charge on any atom is 0.331 e. The number of benzene rings is 2. The molecule has 28 heavy (non-hydrogen) atoms. The lowest BCUT2D eigenvalue weighted by Crippen LogP contribution is -2.21. The predicted octanol–water partition coefficient (Wildman–Crippen LogP) is 4.95. The van der Waals surface area contributed by atoms with Gasteiger partial charge in [-0.15, -0.1) is 0 Å². The Morgan fingerprint density at radius 2 is 1.89 bits per heavy atom. The standard InChI is InChI=1S/C22H24BrNO4/c1-22(2,3)16-9-10-19(27-4)18(13-16)24-20(25)14-28-21(26)11-8-15-6-5-7-17(23)12-15/h5-13H,14H2,1-4H3,(H,24,25). The summed E-state index contributed by atoms with van der Waals surface area (Å²) >= 11 is 3.37. The molecule has 6 heteroatoms. The number of amides is 1. The van der Waals surface area contributed by atoms with Gasteiger partial charge in [0.05, 0.1) is 12.8 Å². The normalized spacial score (nSPS) is 11.3. The number of hydrogen-bond acceptors (Lipinski definition) is 4. The Bertz CT molecular complexity index is 884. The minimum atomic E-state index is -0.592. The number of esters is 1. The summed E-state index contributed by atoms with van der Waals surface area (Å²) in [6, 6.07) is 13.1. The van der Waals surface area contributed by atoms with E-state index in [0.29, 0.717) is 11.4 Å². The largest absolute Gasteiger partial charge is 0.495 e. The number of nitrogens with one attached hydrogen (secondary N) is 1. The zero-order valence-corrected chi connectivity index (χ0v) is 18.0. The summed E-state index contributed by atoms with van der Waals surface area (Å²) in [4.78, 5) is 24.0. The molecule has 0 radical (unpaired) electrons. The third-order valence-electron chi connectivity index (χ3n) is 3.95. The maximum absolute atomic E-state index is 12.2. The van der Waals surface area contributed by atoms with Crippen LogP contribution in [0.3, 0.4) is 0 Å². The Hall–Kier alpha value is -2.60. The first-order chi connectivity index (χ1) is 13.2. The van der Waals surface area contributed by atoms with E-state index in [1.54, 1.807) is 6.08 Å². The molecule has 0 bridgehead atoms. The average Bonchev–Trinajstić information content (AvgIpc) is 2.64. The summed E-state index contributed by atoms with van der Waals surface area (Å²) in [6.07, 6.45) is 2.91. The minimum absolute atomic E-state index is 0.0740. The van der Waals surface area contributed by atoms with E-state index in [1.807, 2.05) is 42.5 Å². The molecule has 2 aromatic carbocycles. The maximum atomic E-state index is 12.2. The van der Waals surface area contributed by atoms with Crippen molar-refractivity contribution in [2.75, 3.05) is 19.0 Å². The van der Waals surface area contributed by atoms with Gasteiger partial charge in [-0.3, -0.25) is 4.79 Å². The number of anilines is 1. The van der Waals surface area contributed by atoms with Gasteiger partial charge in [-0.1, -0.05) is 54.9 Å². The van der Waals surface area contributed by atoms with Crippen molar-refractivity contribution in [3.63, 3.8) is 0 Å². The van der Waals surface area contributed by atoms with Gasteiger partial charge in [-0.25, -0.2) is 4.79 Å². The average molecular weight is 446 g/mol.